The number of hydrogen-bond donors (Lipinski definition) is 1. The van der Waals surface area contributed by atoms with Crippen molar-refractivity contribution >= 4 is 5.91 Å². The second-order valence-corrected chi connectivity index (χ2v) is 5.41. The average Bonchev–Trinajstić information content (AvgIpc) is 2.44. The van der Waals surface area contributed by atoms with Crippen LogP contribution in [0.2, 0.25) is 0 Å². The highest BCUT2D eigenvalue weighted by Crippen LogP contribution is 2.24. The summed E-state index contributed by atoms with van der Waals surface area (Å²) >= 11 is 0. The van der Waals surface area contributed by atoms with Crippen LogP contribution in [0.5, 0.6) is 5.75 Å². The van der Waals surface area contributed by atoms with Crippen molar-refractivity contribution in [3.63, 3.8) is 0 Å². The number of carbonyl (C=O) groups is 1. The first-order valence-electron chi connectivity index (χ1n) is 6.73. The minimum Gasteiger partial charge on any atom is -0.497 e. The molecule has 104 valence electrons. The molecule has 0 saturated carbocycles. The molecular formula is C15H22N2O2. The van der Waals surface area contributed by atoms with E-state index in [0.717, 1.165) is 24.3 Å². The van der Waals surface area contributed by atoms with Gasteiger partial charge in [-0.3, -0.25) is 4.79 Å². The van der Waals surface area contributed by atoms with E-state index in [-0.39, 0.29) is 11.8 Å². The molecule has 1 aromatic carbocycles. The van der Waals surface area contributed by atoms with Crippen LogP contribution in [0, 0.1) is 5.92 Å². The zero-order chi connectivity index (χ0) is 14.0. The number of hydrogen-bond acceptors (Lipinski definition) is 3. The zero-order valence-corrected chi connectivity index (χ0v) is 11.8. The lowest BCUT2D eigenvalue weighted by atomic mass is 9.97. The molecule has 2 rings (SSSR count). The van der Waals surface area contributed by atoms with Gasteiger partial charge in [-0.25, -0.2) is 0 Å². The van der Waals surface area contributed by atoms with Gasteiger partial charge in [0.05, 0.1) is 13.2 Å². The molecule has 0 bridgehead atoms. The van der Waals surface area contributed by atoms with Crippen molar-refractivity contribution in [2.24, 2.45) is 11.7 Å². The van der Waals surface area contributed by atoms with Crippen molar-refractivity contribution in [1.29, 1.82) is 0 Å². The van der Waals surface area contributed by atoms with Crippen LogP contribution in [-0.2, 0) is 17.8 Å². The minimum atomic E-state index is -0.410. The molecule has 1 aliphatic heterocycles. The lowest BCUT2D eigenvalue weighted by Gasteiger charge is -2.32. The molecule has 4 nitrogen and oxygen atoms in total. The number of nitrogens with two attached hydrogens (primary N) is 1. The number of ether oxygens (including phenoxy) is 1. The molecule has 19 heavy (non-hydrogen) atoms. The predicted octanol–water partition coefficient (Wildman–Crippen LogP) is 1.56. The summed E-state index contributed by atoms with van der Waals surface area (Å²) in [5.41, 5.74) is 8.41. The lowest BCUT2D eigenvalue weighted by Crippen LogP contribution is -2.48. The van der Waals surface area contributed by atoms with E-state index in [2.05, 4.69) is 6.07 Å². The van der Waals surface area contributed by atoms with E-state index in [9.17, 15) is 4.79 Å². The van der Waals surface area contributed by atoms with Crippen LogP contribution in [0.25, 0.3) is 0 Å². The van der Waals surface area contributed by atoms with Gasteiger partial charge < -0.3 is 15.4 Å². The average molecular weight is 262 g/mol. The fourth-order valence-electron chi connectivity index (χ4n) is 2.34. The molecule has 0 unspecified atom stereocenters. The number of benzene rings is 1. The number of methoxy groups -OCH3 is 1. The van der Waals surface area contributed by atoms with E-state index < -0.39 is 6.04 Å². The molecule has 0 fully saturated rings. The fourth-order valence-corrected chi connectivity index (χ4v) is 2.34. The Morgan fingerprint density at radius 2 is 2.11 bits per heavy atom. The summed E-state index contributed by atoms with van der Waals surface area (Å²) < 4.78 is 5.23. The van der Waals surface area contributed by atoms with Gasteiger partial charge in [0.1, 0.15) is 5.75 Å². The highest BCUT2D eigenvalue weighted by Gasteiger charge is 2.26. The maximum atomic E-state index is 12.3. The van der Waals surface area contributed by atoms with E-state index in [1.54, 1.807) is 7.11 Å². The molecule has 0 aliphatic carbocycles. The molecular weight excluding hydrogens is 240 g/mol. The Hall–Kier alpha value is -1.55. The Kier molecular flexibility index (Phi) is 4.10. The molecule has 0 radical (unpaired) electrons. The van der Waals surface area contributed by atoms with Crippen LogP contribution < -0.4 is 10.5 Å². The van der Waals surface area contributed by atoms with Crippen LogP contribution in [0.15, 0.2) is 18.2 Å². The third kappa shape index (κ3) is 2.89. The maximum Gasteiger partial charge on any atom is 0.240 e. The normalized spacial score (nSPS) is 16.2. The van der Waals surface area contributed by atoms with Crippen molar-refractivity contribution in [2.45, 2.75) is 32.9 Å². The highest BCUT2D eigenvalue weighted by molar-refractivity contribution is 5.82. The van der Waals surface area contributed by atoms with Crippen molar-refractivity contribution < 1.29 is 9.53 Å². The third-order valence-corrected chi connectivity index (χ3v) is 3.74. The molecule has 1 aromatic rings. The zero-order valence-electron chi connectivity index (χ0n) is 11.8. The lowest BCUT2D eigenvalue weighted by molar-refractivity contribution is -0.134. The van der Waals surface area contributed by atoms with E-state index in [1.165, 1.54) is 5.56 Å². The van der Waals surface area contributed by atoms with Crippen molar-refractivity contribution in [1.82, 2.24) is 4.90 Å². The van der Waals surface area contributed by atoms with Gasteiger partial charge in [-0.2, -0.15) is 0 Å². The van der Waals surface area contributed by atoms with Crippen LogP contribution in [-0.4, -0.2) is 30.5 Å². The second kappa shape index (κ2) is 5.61. The first-order chi connectivity index (χ1) is 9.02. The van der Waals surface area contributed by atoms with Gasteiger partial charge in [-0.15, -0.1) is 0 Å². The quantitative estimate of drug-likeness (QED) is 0.899. The van der Waals surface area contributed by atoms with E-state index in [4.69, 9.17) is 10.5 Å². The Bertz CT molecular complexity index is 471. The summed E-state index contributed by atoms with van der Waals surface area (Å²) in [6.07, 6.45) is 0.885. The van der Waals surface area contributed by atoms with Gasteiger partial charge in [-0.1, -0.05) is 19.9 Å². The van der Waals surface area contributed by atoms with Crippen molar-refractivity contribution in [2.75, 3.05) is 13.7 Å². The van der Waals surface area contributed by atoms with Gasteiger partial charge in [0.25, 0.3) is 0 Å². The molecule has 1 amide bonds. The first kappa shape index (κ1) is 13.9. The van der Waals surface area contributed by atoms with Crippen molar-refractivity contribution in [3.05, 3.63) is 29.3 Å². The maximum absolute atomic E-state index is 12.3. The topological polar surface area (TPSA) is 55.6 Å². The summed E-state index contributed by atoms with van der Waals surface area (Å²) in [6, 6.07) is 5.65. The van der Waals surface area contributed by atoms with E-state index in [0.29, 0.717) is 6.54 Å². The molecule has 0 spiro atoms. The molecule has 0 aromatic heterocycles. The SMILES string of the molecule is COc1ccc2c(c1)CN(C(=O)[C@@H](N)C(C)C)CC2. The van der Waals surface area contributed by atoms with Crippen LogP contribution in [0.3, 0.4) is 0 Å². The Morgan fingerprint density at radius 3 is 2.74 bits per heavy atom. The second-order valence-electron chi connectivity index (χ2n) is 5.41. The third-order valence-electron chi connectivity index (χ3n) is 3.74. The first-order valence-corrected chi connectivity index (χ1v) is 6.73. The summed E-state index contributed by atoms with van der Waals surface area (Å²) in [5, 5.41) is 0. The van der Waals surface area contributed by atoms with Gasteiger partial charge >= 0.3 is 0 Å². The summed E-state index contributed by atoms with van der Waals surface area (Å²) in [7, 11) is 1.65. The standard InChI is InChI=1S/C15H22N2O2/c1-10(2)14(16)15(18)17-7-6-11-4-5-13(19-3)8-12(11)9-17/h4-5,8,10,14H,6-7,9,16H2,1-3H3/t14-/m0/s1. The largest absolute Gasteiger partial charge is 0.497 e. The van der Waals surface area contributed by atoms with Gasteiger partial charge in [-0.05, 0) is 35.6 Å². The Balaban J connectivity index is 2.15. The van der Waals surface area contributed by atoms with Crippen LogP contribution in [0.4, 0.5) is 0 Å². The van der Waals surface area contributed by atoms with Crippen LogP contribution in [0.1, 0.15) is 25.0 Å². The number of fused-ring (bicyclic) bond motifs is 1. The van der Waals surface area contributed by atoms with E-state index >= 15 is 0 Å². The number of carbonyl (C=O) groups excluding carboxylic acids is 1. The number of rotatable bonds is 3. The summed E-state index contributed by atoms with van der Waals surface area (Å²) in [4.78, 5) is 14.1. The molecule has 1 heterocycles. The molecule has 4 heteroatoms. The Labute approximate surface area is 114 Å². The fraction of sp³-hybridized carbons (Fsp3) is 0.533. The highest BCUT2D eigenvalue weighted by atomic mass is 16.5. The molecule has 1 atom stereocenters. The van der Waals surface area contributed by atoms with Gasteiger partial charge in [0.15, 0.2) is 0 Å². The molecule has 1 aliphatic rings. The number of nitrogens with zero attached hydrogens (tertiary/aromatic N) is 1. The molecule has 2 N–H and O–H groups in total. The van der Waals surface area contributed by atoms with Crippen LogP contribution >= 0.6 is 0 Å². The Morgan fingerprint density at radius 1 is 1.37 bits per heavy atom. The van der Waals surface area contributed by atoms with Crippen molar-refractivity contribution in [3.8, 4) is 5.75 Å². The monoisotopic (exact) mass is 262 g/mol. The minimum absolute atomic E-state index is 0.0449. The molecule has 0 saturated heterocycles. The van der Waals surface area contributed by atoms with Gasteiger partial charge in [0.2, 0.25) is 5.91 Å². The van der Waals surface area contributed by atoms with Gasteiger partial charge in [0, 0.05) is 13.1 Å². The number of amides is 1. The summed E-state index contributed by atoms with van der Waals surface area (Å²) in [6.45, 7) is 5.33. The summed E-state index contributed by atoms with van der Waals surface area (Å²) in [5.74, 6) is 1.05. The smallest absolute Gasteiger partial charge is 0.240 e. The predicted molar refractivity (Wildman–Crippen MR) is 74.9 cm³/mol. The van der Waals surface area contributed by atoms with E-state index in [1.807, 2.05) is 30.9 Å².